The smallest absolute Gasteiger partial charge is 0.305 e. The Hall–Kier alpha value is -8.57. The number of para-hydroxylation sites is 1. The highest BCUT2D eigenvalue weighted by atomic mass is 32.2. The van der Waals surface area contributed by atoms with Crippen molar-refractivity contribution in [1.29, 1.82) is 5.26 Å². The number of ether oxygens (including phenoxy) is 11. The first-order chi connectivity index (χ1) is 53.4. The lowest BCUT2D eigenvalue weighted by Gasteiger charge is -2.20. The van der Waals surface area contributed by atoms with Gasteiger partial charge in [0.25, 0.3) is 0 Å². The van der Waals surface area contributed by atoms with Gasteiger partial charge in [-0.2, -0.15) is 5.26 Å². The van der Waals surface area contributed by atoms with E-state index in [1.165, 1.54) is 26.4 Å². The van der Waals surface area contributed by atoms with Gasteiger partial charge in [0, 0.05) is 108 Å². The minimum absolute atomic E-state index is 0.0110. The number of nitrogens with one attached hydrogen (secondary N) is 2. The molecule has 0 fully saturated rings. The Bertz CT molecular complexity index is 3340. The number of methoxy groups -OCH3 is 2. The van der Waals surface area contributed by atoms with Gasteiger partial charge >= 0.3 is 47.8 Å². The molecule has 1 aromatic heterocycles. The summed E-state index contributed by atoms with van der Waals surface area (Å²) in [6.45, 7) is 6.97. The second kappa shape index (κ2) is 61.1. The Kier molecular flexibility index (Phi) is 53.2. The van der Waals surface area contributed by atoms with Crippen LogP contribution in [0.1, 0.15) is 224 Å². The Balaban J connectivity index is 1.34. The summed E-state index contributed by atoms with van der Waals surface area (Å²) in [5.41, 5.74) is 1.57. The molecule has 0 aliphatic rings. The van der Waals surface area contributed by atoms with Crippen molar-refractivity contribution < 1.29 is 109 Å². The molecular formula is C79H121N7O23S. The zero-order valence-electron chi connectivity index (χ0n) is 65.3. The molecule has 0 unspecified atom stereocenters. The van der Waals surface area contributed by atoms with Crippen LogP contribution in [0.15, 0.2) is 57.6 Å². The molecule has 2 aromatic carbocycles. The zero-order valence-corrected chi connectivity index (χ0v) is 66.1. The molecule has 0 atom stereocenters. The Morgan fingerprint density at radius 1 is 0.473 bits per heavy atom. The van der Waals surface area contributed by atoms with E-state index in [-0.39, 0.29) is 204 Å². The second-order valence-corrected chi connectivity index (χ2v) is 28.2. The maximum Gasteiger partial charge on any atom is 0.305 e. The highest BCUT2D eigenvalue weighted by Gasteiger charge is 2.26. The van der Waals surface area contributed by atoms with E-state index in [2.05, 4.69) is 26.9 Å². The molecule has 0 aliphatic carbocycles. The third-order valence-electron chi connectivity index (χ3n) is 17.3. The highest BCUT2D eigenvalue weighted by molar-refractivity contribution is 7.91. The number of nitrogens with zero attached hydrogens (tertiary/aromatic N) is 5. The maximum absolute atomic E-state index is 14.0. The number of sulfone groups is 1. The number of hydrogen-bond acceptors (Lipinski definition) is 30. The number of carbonyl (C=O) groups is 8. The maximum atomic E-state index is 14.0. The van der Waals surface area contributed by atoms with Crippen LogP contribution in [0.2, 0.25) is 0 Å². The van der Waals surface area contributed by atoms with Gasteiger partial charge in [-0.15, -0.1) is 10.2 Å². The largest absolute Gasteiger partial charge is 0.495 e. The van der Waals surface area contributed by atoms with E-state index >= 15 is 0 Å². The fourth-order valence-corrected chi connectivity index (χ4v) is 12.3. The number of anilines is 3. The SMILES string of the molecule is CCN(CCOC(=O)CCCCCOC(=O)CCCCCOC(=O)CCCCCOC(=O)CCCCCO)CCS(=O)(=O)c1cc(OC)c(/N=N/c2c(Nc3ccccc3)nc(NCCOCCOC(=O)CCCCCOC(=O)CCCCCOC(=O)CCCCCOC(=O)CCCCCO)c(C#N)c2C)cc1OC. The summed E-state index contributed by atoms with van der Waals surface area (Å²) in [7, 11) is -1.31. The van der Waals surface area contributed by atoms with Crippen molar-refractivity contribution >= 4 is 86.3 Å². The number of unbranched alkanes of at least 4 members (excludes halogenated alkanes) is 16. The lowest BCUT2D eigenvalue weighted by atomic mass is 10.1. The molecule has 3 rings (SSSR count). The van der Waals surface area contributed by atoms with Gasteiger partial charge in [0.15, 0.2) is 15.7 Å². The predicted octanol–water partition coefficient (Wildman–Crippen LogP) is 12.8. The van der Waals surface area contributed by atoms with Crippen LogP contribution >= 0.6 is 0 Å². The first-order valence-electron chi connectivity index (χ1n) is 39.1. The fraction of sp³-hybridized carbons (Fsp3) is 0.671. The lowest BCUT2D eigenvalue weighted by Crippen LogP contribution is -2.32. The van der Waals surface area contributed by atoms with E-state index in [9.17, 15) is 52.0 Å². The molecule has 0 amide bonds. The normalized spacial score (nSPS) is 11.2. The van der Waals surface area contributed by atoms with Crippen LogP contribution in [-0.4, -0.2) is 202 Å². The number of carbonyl (C=O) groups excluding carboxylic acids is 8. The monoisotopic (exact) mass is 1570 g/mol. The molecule has 0 spiro atoms. The number of aliphatic hydroxyl groups excluding tert-OH is 2. The summed E-state index contributed by atoms with van der Waals surface area (Å²) >= 11 is 0. The van der Waals surface area contributed by atoms with Crippen molar-refractivity contribution in [1.82, 2.24) is 9.88 Å². The van der Waals surface area contributed by atoms with Crippen LogP contribution in [0.3, 0.4) is 0 Å². The van der Waals surface area contributed by atoms with Gasteiger partial charge in [-0.3, -0.25) is 43.3 Å². The van der Waals surface area contributed by atoms with E-state index < -0.39 is 15.8 Å². The lowest BCUT2D eigenvalue weighted by molar-refractivity contribution is -0.146. The van der Waals surface area contributed by atoms with E-state index in [1.54, 1.807) is 6.92 Å². The Labute approximate surface area is 649 Å². The minimum atomic E-state index is -4.01. The number of azo groups is 1. The fourth-order valence-electron chi connectivity index (χ4n) is 10.8. The number of aromatic nitrogens is 1. The molecule has 0 bridgehead atoms. The van der Waals surface area contributed by atoms with Crippen molar-refractivity contribution in [2.45, 2.75) is 224 Å². The van der Waals surface area contributed by atoms with Crippen LogP contribution in [0.5, 0.6) is 11.5 Å². The third kappa shape index (κ3) is 44.9. The van der Waals surface area contributed by atoms with E-state index in [4.69, 9.17) is 67.3 Å². The Morgan fingerprint density at radius 2 is 0.864 bits per heavy atom. The van der Waals surface area contributed by atoms with Gasteiger partial charge in [0.05, 0.1) is 78.4 Å². The molecule has 1 heterocycles. The molecule has 0 saturated carbocycles. The average molecular weight is 1570 g/mol. The number of rotatable bonds is 67. The highest BCUT2D eigenvalue weighted by Crippen LogP contribution is 2.41. The number of nitriles is 1. The van der Waals surface area contributed by atoms with Crippen molar-refractivity contribution in [3.05, 3.63) is 53.6 Å². The van der Waals surface area contributed by atoms with E-state index in [1.807, 2.05) is 42.2 Å². The molecule has 110 heavy (non-hydrogen) atoms. The summed E-state index contributed by atoms with van der Waals surface area (Å²) in [5.74, 6) is -2.19. The predicted molar refractivity (Wildman–Crippen MR) is 410 cm³/mol. The van der Waals surface area contributed by atoms with E-state index in [0.29, 0.717) is 185 Å². The van der Waals surface area contributed by atoms with Gasteiger partial charge in [0.2, 0.25) is 0 Å². The molecule has 0 aliphatic heterocycles. The average Bonchev–Trinajstić information content (AvgIpc) is 0.792. The van der Waals surface area contributed by atoms with Crippen LogP contribution in [0.4, 0.5) is 28.7 Å². The van der Waals surface area contributed by atoms with Gasteiger partial charge < -0.3 is 73.0 Å². The standard InChI is InChI=1S/C79H121N7O23S/c1-5-86(44-55-108-75(95)41-23-13-31-52-106-73(93)39-21-11-29-50-104-71(91)37-19-9-27-48-102-69(89)35-17-7-25-46-87)45-58-110(97,98)68-60-66(99-3)65(59-67(68)100-4)84-85-77-62(2)64(61-80)78(83-79(77)82-63-33-15-6-16-34-63)81-43-54-101-56-57-109-76(96)42-24-14-32-53-107-74(94)40-22-12-30-51-105-72(92)38-20-10-28-49-103-70(90)36-18-8-26-47-88/h6,15-16,33-34,59-60,87-88H,5,7-14,17-32,35-58H2,1-4H3,(H2,81,82,83)/b85-84+. The molecule has 31 heteroatoms. The molecule has 0 saturated heterocycles. The van der Waals surface area contributed by atoms with Crippen molar-refractivity contribution in [2.75, 3.05) is 136 Å². The molecule has 3 aromatic rings. The first kappa shape index (κ1) is 95.6. The van der Waals surface area contributed by atoms with Gasteiger partial charge in [-0.05, 0) is 167 Å². The summed E-state index contributed by atoms with van der Waals surface area (Å²) in [6, 6.07) is 14.1. The van der Waals surface area contributed by atoms with Gasteiger partial charge in [0.1, 0.15) is 52.9 Å². The number of benzene rings is 2. The summed E-state index contributed by atoms with van der Waals surface area (Å²) < 4.78 is 87.4. The topological polar surface area (TPSA) is 401 Å². The molecular weight excluding hydrogens is 1450 g/mol. The Morgan fingerprint density at radius 3 is 1.25 bits per heavy atom. The van der Waals surface area contributed by atoms with Crippen molar-refractivity contribution in [3.8, 4) is 17.6 Å². The number of pyridine rings is 1. The van der Waals surface area contributed by atoms with Crippen LogP contribution in [-0.2, 0) is 90.8 Å². The third-order valence-corrected chi connectivity index (χ3v) is 19.0. The minimum Gasteiger partial charge on any atom is -0.495 e. The van der Waals surface area contributed by atoms with Crippen LogP contribution in [0, 0.1) is 18.3 Å². The zero-order chi connectivity index (χ0) is 80.1. The van der Waals surface area contributed by atoms with Crippen molar-refractivity contribution in [3.63, 3.8) is 0 Å². The molecule has 4 N–H and O–H groups in total. The van der Waals surface area contributed by atoms with Gasteiger partial charge in [-0.1, -0.05) is 38.0 Å². The number of esters is 8. The molecule has 30 nitrogen and oxygen atoms in total. The number of aliphatic hydroxyl groups is 2. The molecule has 616 valence electrons. The molecule has 0 radical (unpaired) electrons. The first-order valence-corrected chi connectivity index (χ1v) is 40.7. The van der Waals surface area contributed by atoms with Crippen molar-refractivity contribution in [2.24, 2.45) is 10.2 Å². The number of hydrogen-bond donors (Lipinski definition) is 4. The van der Waals surface area contributed by atoms with Crippen LogP contribution < -0.4 is 20.1 Å². The quantitative estimate of drug-likeness (QED) is 0.0176. The second-order valence-electron chi connectivity index (χ2n) is 26.1. The number of likely N-dealkylation sites (N-methyl/N-ethyl adjacent to an activating group) is 1. The summed E-state index contributed by atoms with van der Waals surface area (Å²) in [6.07, 6.45) is 18.1. The van der Waals surface area contributed by atoms with Crippen LogP contribution in [0.25, 0.3) is 0 Å². The summed E-state index contributed by atoms with van der Waals surface area (Å²) in [5, 5.41) is 43.5. The summed E-state index contributed by atoms with van der Waals surface area (Å²) in [4.78, 5) is 103. The van der Waals surface area contributed by atoms with Gasteiger partial charge in [-0.25, -0.2) is 13.4 Å². The van der Waals surface area contributed by atoms with E-state index in [0.717, 1.165) is 25.7 Å².